The fraction of sp³-hybridized carbons (Fsp3) is 0.524. The summed E-state index contributed by atoms with van der Waals surface area (Å²) in [5, 5.41) is 26.2. The van der Waals surface area contributed by atoms with Gasteiger partial charge in [-0.2, -0.15) is 0 Å². The normalized spacial score (nSPS) is 37.8. The maximum atomic E-state index is 13.1. The van der Waals surface area contributed by atoms with Crippen molar-refractivity contribution in [2.45, 2.75) is 49.2 Å². The van der Waals surface area contributed by atoms with E-state index in [0.717, 1.165) is 0 Å². The number of hydrogen-bond donors (Lipinski definition) is 3. The number of piperidine rings is 1. The minimum absolute atomic E-state index is 0.0684. The Hall–Kier alpha value is -2.38. The fourth-order valence-electron chi connectivity index (χ4n) is 6.83. The summed E-state index contributed by atoms with van der Waals surface area (Å²) in [6, 6.07) is -0.0684. The number of carbonyl (C=O) groups excluding carboxylic acids is 4. The van der Waals surface area contributed by atoms with E-state index in [2.05, 4.69) is 5.32 Å². The summed E-state index contributed by atoms with van der Waals surface area (Å²) in [6.07, 6.45) is 3.66. The minimum atomic E-state index is -1.63. The lowest BCUT2D eigenvalue weighted by Crippen LogP contribution is -2.71. The lowest BCUT2D eigenvalue weighted by molar-refractivity contribution is -0.161. The summed E-state index contributed by atoms with van der Waals surface area (Å²) in [5.41, 5.74) is -2.17. The highest BCUT2D eigenvalue weighted by atomic mass is 16.3. The Morgan fingerprint density at radius 2 is 1.75 bits per heavy atom. The van der Waals surface area contributed by atoms with Crippen molar-refractivity contribution in [2.75, 3.05) is 6.54 Å². The van der Waals surface area contributed by atoms with E-state index in [-0.39, 0.29) is 46.1 Å². The Morgan fingerprint density at radius 3 is 2.43 bits per heavy atom. The van der Waals surface area contributed by atoms with Gasteiger partial charge in [-0.15, -0.1) is 0 Å². The van der Waals surface area contributed by atoms with Crippen molar-refractivity contribution in [1.29, 1.82) is 0 Å². The Morgan fingerprint density at radius 1 is 1.04 bits per heavy atom. The molecule has 4 aliphatic rings. The quantitative estimate of drug-likeness (QED) is 0.658. The van der Waals surface area contributed by atoms with Crippen LogP contribution in [0.1, 0.15) is 67.9 Å². The minimum Gasteiger partial charge on any atom is -0.507 e. The molecule has 1 unspecified atom stereocenters. The van der Waals surface area contributed by atoms with Crippen LogP contribution in [-0.4, -0.2) is 53.0 Å². The van der Waals surface area contributed by atoms with Crippen molar-refractivity contribution in [3.8, 4) is 5.75 Å². The van der Waals surface area contributed by atoms with Gasteiger partial charge in [-0.1, -0.05) is 0 Å². The van der Waals surface area contributed by atoms with Gasteiger partial charge in [0.25, 0.3) is 0 Å². The third-order valence-corrected chi connectivity index (χ3v) is 7.88. The predicted molar refractivity (Wildman–Crippen MR) is 96.8 cm³/mol. The van der Waals surface area contributed by atoms with Crippen LogP contribution < -0.4 is 5.32 Å². The standard InChI is InChI=1S/C21H21NO6/c23-7-12-11-6-16-15-5-10-1-2-21(28,19(10)27)20(15,3-4-22-16)17(11)18(26)14(9-25)13(12)8-24/h7-10,15-16,22,26,28H,1-6H2/t10?,15-,16+,20-,21-/m0/s1. The fourth-order valence-corrected chi connectivity index (χ4v) is 6.83. The average Bonchev–Trinajstić information content (AvgIpc) is 2.88. The number of nitrogens with one attached hydrogen (secondary N) is 1. The molecule has 0 spiro atoms. The van der Waals surface area contributed by atoms with Gasteiger partial charge in [-0.25, -0.2) is 0 Å². The number of Topliss-reactive ketones (excluding diaryl/α,β-unsaturated/α-hetero) is 1. The summed E-state index contributed by atoms with van der Waals surface area (Å²) < 4.78 is 0. The first-order valence-corrected chi connectivity index (χ1v) is 9.72. The van der Waals surface area contributed by atoms with Crippen LogP contribution >= 0.6 is 0 Å². The molecule has 1 aromatic carbocycles. The van der Waals surface area contributed by atoms with Gasteiger partial charge in [-0.05, 0) is 50.1 Å². The lowest BCUT2D eigenvalue weighted by atomic mass is 9.46. The van der Waals surface area contributed by atoms with Crippen molar-refractivity contribution >= 4 is 24.6 Å². The van der Waals surface area contributed by atoms with Crippen LogP contribution in [0.3, 0.4) is 0 Å². The Balaban J connectivity index is 1.93. The van der Waals surface area contributed by atoms with Crippen molar-refractivity contribution in [3.05, 3.63) is 27.8 Å². The molecule has 1 saturated heterocycles. The molecule has 5 rings (SSSR count). The number of aldehydes is 3. The molecule has 2 saturated carbocycles. The Kier molecular flexibility index (Phi) is 3.53. The van der Waals surface area contributed by atoms with Crippen molar-refractivity contribution in [3.63, 3.8) is 0 Å². The van der Waals surface area contributed by atoms with Crippen LogP contribution in [0.25, 0.3) is 0 Å². The monoisotopic (exact) mass is 383 g/mol. The van der Waals surface area contributed by atoms with Crippen molar-refractivity contribution < 1.29 is 29.4 Å². The van der Waals surface area contributed by atoms with Crippen LogP contribution in [-0.2, 0) is 16.6 Å². The number of phenols is 1. The second kappa shape index (κ2) is 5.58. The van der Waals surface area contributed by atoms with Gasteiger partial charge in [0.15, 0.2) is 24.6 Å². The highest BCUT2D eigenvalue weighted by molar-refractivity contribution is 6.03. The van der Waals surface area contributed by atoms with Crippen molar-refractivity contribution in [1.82, 2.24) is 5.32 Å². The van der Waals surface area contributed by atoms with E-state index in [1.54, 1.807) is 0 Å². The van der Waals surface area contributed by atoms with E-state index in [9.17, 15) is 29.4 Å². The SMILES string of the molecule is O=Cc1c(O)c2c(c(C=O)c1C=O)C[C@H]1NCC[C@]23[C@H]1CC1CC[C@]3(O)C1=O. The molecular formula is C21H21NO6. The molecule has 0 amide bonds. The van der Waals surface area contributed by atoms with Gasteiger partial charge in [0.2, 0.25) is 0 Å². The van der Waals surface area contributed by atoms with Crippen LogP contribution in [0.5, 0.6) is 5.75 Å². The molecule has 28 heavy (non-hydrogen) atoms. The number of fused-ring (bicyclic) bond motifs is 3. The van der Waals surface area contributed by atoms with Gasteiger partial charge in [0.05, 0.1) is 5.56 Å². The third-order valence-electron chi connectivity index (χ3n) is 7.88. The van der Waals surface area contributed by atoms with E-state index >= 15 is 0 Å². The third kappa shape index (κ3) is 1.73. The molecule has 5 atom stereocenters. The van der Waals surface area contributed by atoms with Gasteiger partial charge >= 0.3 is 0 Å². The summed E-state index contributed by atoms with van der Waals surface area (Å²) in [4.78, 5) is 48.3. The average molecular weight is 383 g/mol. The number of aliphatic hydroxyl groups is 1. The molecule has 0 aromatic heterocycles. The zero-order valence-corrected chi connectivity index (χ0v) is 15.2. The molecule has 146 valence electrons. The first-order valence-electron chi connectivity index (χ1n) is 9.72. The topological polar surface area (TPSA) is 121 Å². The molecule has 0 radical (unpaired) electrons. The van der Waals surface area contributed by atoms with Crippen LogP contribution in [0.2, 0.25) is 0 Å². The molecule has 7 heteroatoms. The maximum Gasteiger partial charge on any atom is 0.168 e. The summed E-state index contributed by atoms with van der Waals surface area (Å²) in [6.45, 7) is 0.558. The highest BCUT2D eigenvalue weighted by Gasteiger charge is 2.71. The highest BCUT2D eigenvalue weighted by Crippen LogP contribution is 2.65. The second-order valence-electron chi connectivity index (χ2n) is 8.59. The van der Waals surface area contributed by atoms with Crippen LogP contribution in [0.15, 0.2) is 0 Å². The van der Waals surface area contributed by atoms with E-state index in [4.69, 9.17) is 0 Å². The number of carbonyl (C=O) groups is 4. The summed E-state index contributed by atoms with van der Waals surface area (Å²) in [7, 11) is 0. The van der Waals surface area contributed by atoms with Crippen LogP contribution in [0.4, 0.5) is 0 Å². The molecule has 1 heterocycles. The number of benzene rings is 1. The summed E-state index contributed by atoms with van der Waals surface area (Å²) >= 11 is 0. The molecular weight excluding hydrogens is 362 g/mol. The first-order chi connectivity index (χ1) is 13.4. The molecule has 1 aromatic rings. The number of ketones is 1. The Bertz CT molecular complexity index is 955. The van der Waals surface area contributed by atoms with Gasteiger partial charge in [0.1, 0.15) is 11.4 Å². The number of phenolic OH excluding ortho intramolecular Hbond substituents is 1. The van der Waals surface area contributed by atoms with Gasteiger partial charge in [0, 0.05) is 34.1 Å². The Labute approximate surface area is 161 Å². The van der Waals surface area contributed by atoms with E-state index in [1.807, 2.05) is 0 Å². The maximum absolute atomic E-state index is 13.1. The second-order valence-corrected chi connectivity index (χ2v) is 8.59. The molecule has 7 nitrogen and oxygen atoms in total. The zero-order valence-electron chi connectivity index (χ0n) is 15.2. The van der Waals surface area contributed by atoms with E-state index in [1.165, 1.54) is 0 Å². The van der Waals surface area contributed by atoms with Gasteiger partial charge < -0.3 is 15.5 Å². The molecule has 3 N–H and O–H groups in total. The van der Waals surface area contributed by atoms with Crippen LogP contribution in [0, 0.1) is 11.8 Å². The number of rotatable bonds is 3. The van der Waals surface area contributed by atoms with E-state index in [0.29, 0.717) is 68.6 Å². The largest absolute Gasteiger partial charge is 0.507 e. The van der Waals surface area contributed by atoms with E-state index < -0.39 is 11.0 Å². The smallest absolute Gasteiger partial charge is 0.168 e. The molecule has 1 aliphatic heterocycles. The number of hydrogen-bond acceptors (Lipinski definition) is 7. The van der Waals surface area contributed by atoms with Crippen molar-refractivity contribution in [2.24, 2.45) is 11.8 Å². The summed E-state index contributed by atoms with van der Waals surface area (Å²) in [5.74, 6) is -0.846. The lowest BCUT2D eigenvalue weighted by Gasteiger charge is -2.61. The predicted octanol–water partition coefficient (Wildman–Crippen LogP) is 0.716. The zero-order chi connectivity index (χ0) is 19.8. The molecule has 4 bridgehead atoms. The molecule has 3 aliphatic carbocycles. The first kappa shape index (κ1) is 17.7. The number of aromatic hydroxyl groups is 1. The van der Waals surface area contributed by atoms with Gasteiger partial charge in [-0.3, -0.25) is 19.2 Å². The molecule has 3 fully saturated rings.